The lowest BCUT2D eigenvalue weighted by molar-refractivity contribution is 0.0655. The zero-order chi connectivity index (χ0) is 13.3. The standard InChI is InChI=1S/C13H11ClO4/c1-7-2-3-8(14)6-9(7)12(15)10-4-5-11(18-10)13(16)17/h2-6,12,15H,1H3,(H,16,17). The zero-order valence-electron chi connectivity index (χ0n) is 9.55. The molecule has 0 fully saturated rings. The van der Waals surface area contributed by atoms with Gasteiger partial charge >= 0.3 is 5.97 Å². The first kappa shape index (κ1) is 12.7. The molecule has 4 nitrogen and oxygen atoms in total. The van der Waals surface area contributed by atoms with E-state index in [0.717, 1.165) is 5.56 Å². The van der Waals surface area contributed by atoms with Crippen LogP contribution in [0.2, 0.25) is 5.02 Å². The molecule has 0 saturated heterocycles. The second-order valence-electron chi connectivity index (χ2n) is 3.91. The van der Waals surface area contributed by atoms with Crippen LogP contribution >= 0.6 is 11.6 Å². The van der Waals surface area contributed by atoms with E-state index in [2.05, 4.69) is 0 Å². The molecule has 0 bridgehead atoms. The number of aliphatic hydroxyl groups excluding tert-OH is 1. The van der Waals surface area contributed by atoms with Crippen molar-refractivity contribution in [3.05, 3.63) is 58.0 Å². The van der Waals surface area contributed by atoms with Gasteiger partial charge < -0.3 is 14.6 Å². The Morgan fingerprint density at radius 1 is 1.33 bits per heavy atom. The van der Waals surface area contributed by atoms with Crippen molar-refractivity contribution in [3.63, 3.8) is 0 Å². The summed E-state index contributed by atoms with van der Waals surface area (Å²) in [4.78, 5) is 10.7. The fourth-order valence-corrected chi connectivity index (χ4v) is 1.85. The van der Waals surface area contributed by atoms with Gasteiger partial charge in [0.15, 0.2) is 0 Å². The minimum atomic E-state index is -1.17. The molecule has 1 aromatic carbocycles. The summed E-state index contributed by atoms with van der Waals surface area (Å²) in [7, 11) is 0. The molecule has 1 atom stereocenters. The molecular formula is C13H11ClO4. The smallest absolute Gasteiger partial charge is 0.371 e. The number of halogens is 1. The van der Waals surface area contributed by atoms with Crippen molar-refractivity contribution >= 4 is 17.6 Å². The van der Waals surface area contributed by atoms with Gasteiger partial charge in [-0.3, -0.25) is 0 Å². The number of hydrogen-bond acceptors (Lipinski definition) is 3. The van der Waals surface area contributed by atoms with Crippen molar-refractivity contribution in [1.29, 1.82) is 0 Å². The van der Waals surface area contributed by atoms with Gasteiger partial charge in [-0.1, -0.05) is 17.7 Å². The third kappa shape index (κ3) is 2.39. The SMILES string of the molecule is Cc1ccc(Cl)cc1C(O)c1ccc(C(=O)O)o1. The van der Waals surface area contributed by atoms with Crippen LogP contribution in [0.3, 0.4) is 0 Å². The topological polar surface area (TPSA) is 70.7 Å². The lowest BCUT2D eigenvalue weighted by Gasteiger charge is -2.11. The number of benzene rings is 1. The summed E-state index contributed by atoms with van der Waals surface area (Å²) in [6.45, 7) is 1.83. The van der Waals surface area contributed by atoms with E-state index >= 15 is 0 Å². The van der Waals surface area contributed by atoms with Crippen LogP contribution < -0.4 is 0 Å². The molecule has 0 saturated carbocycles. The Morgan fingerprint density at radius 3 is 2.67 bits per heavy atom. The number of aliphatic hydroxyl groups is 1. The number of furan rings is 1. The fourth-order valence-electron chi connectivity index (χ4n) is 1.67. The lowest BCUT2D eigenvalue weighted by atomic mass is 10.0. The van der Waals surface area contributed by atoms with Crippen LogP contribution in [0, 0.1) is 6.92 Å². The predicted molar refractivity (Wildman–Crippen MR) is 65.9 cm³/mol. The molecule has 94 valence electrons. The van der Waals surface area contributed by atoms with E-state index in [1.165, 1.54) is 12.1 Å². The molecule has 0 aliphatic rings. The molecular weight excluding hydrogens is 256 g/mol. The third-order valence-electron chi connectivity index (χ3n) is 2.64. The molecule has 0 aliphatic heterocycles. The van der Waals surface area contributed by atoms with E-state index in [1.54, 1.807) is 18.2 Å². The van der Waals surface area contributed by atoms with Gasteiger partial charge in [0.25, 0.3) is 0 Å². The van der Waals surface area contributed by atoms with E-state index in [0.29, 0.717) is 10.6 Å². The molecule has 1 aromatic heterocycles. The summed E-state index contributed by atoms with van der Waals surface area (Å²) >= 11 is 5.87. The highest BCUT2D eigenvalue weighted by Crippen LogP contribution is 2.28. The van der Waals surface area contributed by atoms with Crippen molar-refractivity contribution in [2.24, 2.45) is 0 Å². The second kappa shape index (κ2) is 4.84. The number of hydrogen-bond donors (Lipinski definition) is 2. The van der Waals surface area contributed by atoms with Crippen molar-refractivity contribution in [2.45, 2.75) is 13.0 Å². The molecule has 0 spiro atoms. The number of carboxylic acids is 1. The van der Waals surface area contributed by atoms with Crippen molar-refractivity contribution < 1.29 is 19.4 Å². The Bertz CT molecular complexity index is 588. The van der Waals surface area contributed by atoms with Crippen LogP contribution in [0.4, 0.5) is 0 Å². The van der Waals surface area contributed by atoms with Crippen molar-refractivity contribution in [1.82, 2.24) is 0 Å². The monoisotopic (exact) mass is 266 g/mol. The average Bonchev–Trinajstić information content (AvgIpc) is 2.81. The highest BCUT2D eigenvalue weighted by atomic mass is 35.5. The maximum atomic E-state index is 10.7. The number of aromatic carboxylic acids is 1. The molecule has 1 unspecified atom stereocenters. The number of carbonyl (C=O) groups is 1. The van der Waals surface area contributed by atoms with Gasteiger partial charge in [0.1, 0.15) is 11.9 Å². The summed E-state index contributed by atoms with van der Waals surface area (Å²) in [5.74, 6) is -1.20. The normalized spacial score (nSPS) is 12.4. The third-order valence-corrected chi connectivity index (χ3v) is 2.88. The first-order valence-electron chi connectivity index (χ1n) is 5.26. The Morgan fingerprint density at radius 2 is 2.06 bits per heavy atom. The van der Waals surface area contributed by atoms with Gasteiger partial charge in [0, 0.05) is 5.02 Å². The number of rotatable bonds is 3. The van der Waals surface area contributed by atoms with E-state index in [-0.39, 0.29) is 11.5 Å². The number of carboxylic acid groups (broad SMARTS) is 1. The first-order valence-corrected chi connectivity index (χ1v) is 5.64. The van der Waals surface area contributed by atoms with Gasteiger partial charge in [-0.15, -0.1) is 0 Å². The summed E-state index contributed by atoms with van der Waals surface area (Å²) in [5.41, 5.74) is 1.44. The minimum absolute atomic E-state index is 0.178. The van der Waals surface area contributed by atoms with Gasteiger partial charge in [0.2, 0.25) is 5.76 Å². The molecule has 0 amide bonds. The Hall–Kier alpha value is -1.78. The van der Waals surface area contributed by atoms with E-state index in [4.69, 9.17) is 21.1 Å². The molecule has 5 heteroatoms. The van der Waals surface area contributed by atoms with Crippen LogP contribution in [0.5, 0.6) is 0 Å². The van der Waals surface area contributed by atoms with Crippen LogP contribution in [0.15, 0.2) is 34.7 Å². The Kier molecular flexibility index (Phi) is 3.41. The fraction of sp³-hybridized carbons (Fsp3) is 0.154. The van der Waals surface area contributed by atoms with Crippen LogP contribution in [-0.2, 0) is 0 Å². The molecule has 2 N–H and O–H groups in total. The van der Waals surface area contributed by atoms with Crippen LogP contribution in [0.1, 0.15) is 33.5 Å². The van der Waals surface area contributed by atoms with Gasteiger partial charge in [-0.2, -0.15) is 0 Å². The Balaban J connectivity index is 2.37. The summed E-state index contributed by atoms with van der Waals surface area (Å²) in [6.07, 6.45) is -1.03. The van der Waals surface area contributed by atoms with Crippen molar-refractivity contribution in [2.75, 3.05) is 0 Å². The maximum absolute atomic E-state index is 10.7. The van der Waals surface area contributed by atoms with Crippen molar-refractivity contribution in [3.8, 4) is 0 Å². The quantitative estimate of drug-likeness (QED) is 0.896. The molecule has 0 aliphatic carbocycles. The van der Waals surface area contributed by atoms with Gasteiger partial charge in [0.05, 0.1) is 0 Å². The molecule has 0 radical (unpaired) electrons. The average molecular weight is 267 g/mol. The number of aryl methyl sites for hydroxylation is 1. The van der Waals surface area contributed by atoms with Crippen LogP contribution in [-0.4, -0.2) is 16.2 Å². The maximum Gasteiger partial charge on any atom is 0.371 e. The summed E-state index contributed by atoms with van der Waals surface area (Å²) < 4.78 is 5.06. The predicted octanol–water partition coefficient (Wildman–Crippen LogP) is 3.02. The van der Waals surface area contributed by atoms with E-state index < -0.39 is 12.1 Å². The highest BCUT2D eigenvalue weighted by molar-refractivity contribution is 6.30. The summed E-state index contributed by atoms with van der Waals surface area (Å²) in [5, 5.41) is 19.4. The molecule has 18 heavy (non-hydrogen) atoms. The second-order valence-corrected chi connectivity index (χ2v) is 4.35. The zero-order valence-corrected chi connectivity index (χ0v) is 10.3. The largest absolute Gasteiger partial charge is 0.475 e. The summed E-state index contributed by atoms with van der Waals surface area (Å²) in [6, 6.07) is 7.87. The molecule has 2 rings (SSSR count). The highest BCUT2D eigenvalue weighted by Gasteiger charge is 2.19. The van der Waals surface area contributed by atoms with E-state index in [1.807, 2.05) is 6.92 Å². The van der Waals surface area contributed by atoms with Crippen LogP contribution in [0.25, 0.3) is 0 Å². The molecule has 1 heterocycles. The first-order chi connectivity index (χ1) is 8.49. The molecule has 2 aromatic rings. The minimum Gasteiger partial charge on any atom is -0.475 e. The van der Waals surface area contributed by atoms with Gasteiger partial charge in [-0.25, -0.2) is 4.79 Å². The lowest BCUT2D eigenvalue weighted by Crippen LogP contribution is -2.01. The van der Waals surface area contributed by atoms with Gasteiger partial charge in [-0.05, 0) is 42.3 Å². The Labute approximate surface area is 108 Å². The van der Waals surface area contributed by atoms with E-state index in [9.17, 15) is 9.90 Å².